The summed E-state index contributed by atoms with van der Waals surface area (Å²) in [4.78, 5) is 18.9. The van der Waals surface area contributed by atoms with Gasteiger partial charge in [0.15, 0.2) is 0 Å². The first-order valence-corrected chi connectivity index (χ1v) is 9.86. The van der Waals surface area contributed by atoms with Crippen molar-refractivity contribution in [2.24, 2.45) is 11.3 Å². The highest BCUT2D eigenvalue weighted by atomic mass is 16.5. The Hall–Kier alpha value is -1.62. The zero-order valence-corrected chi connectivity index (χ0v) is 16.1. The quantitative estimate of drug-likeness (QED) is 0.902. The minimum atomic E-state index is -0.625. The molecule has 142 valence electrons. The molecule has 1 amide bonds. The average Bonchev–Trinajstić information content (AvgIpc) is 2.53. The molecule has 2 saturated carbocycles. The molecule has 0 aromatic carbocycles. The van der Waals surface area contributed by atoms with Crippen molar-refractivity contribution in [1.82, 2.24) is 9.88 Å². The smallest absolute Gasteiger partial charge is 0.225 e. The number of hydrogen-bond donors (Lipinski definition) is 1. The standard InChI is InChI=1S/C21H30N2O3/c1-14-8-15(2)18(22-11-14)26-17-4-6-21(7-5-17)12-23(13-21)19(24)16-9-20(3,25)10-16/h8,11,16-17,25H,4-7,9-10,12-13H2,1-3H3/t16-,20+. The maximum atomic E-state index is 12.5. The lowest BCUT2D eigenvalue weighted by atomic mass is 9.66. The van der Waals surface area contributed by atoms with Gasteiger partial charge in [0.05, 0.1) is 5.60 Å². The molecule has 2 aliphatic carbocycles. The highest BCUT2D eigenvalue weighted by Crippen LogP contribution is 2.47. The maximum absolute atomic E-state index is 12.5. The number of pyridine rings is 1. The fourth-order valence-electron chi connectivity index (χ4n) is 4.98. The highest BCUT2D eigenvalue weighted by molar-refractivity contribution is 5.81. The maximum Gasteiger partial charge on any atom is 0.225 e. The Morgan fingerprint density at radius 2 is 1.92 bits per heavy atom. The summed E-state index contributed by atoms with van der Waals surface area (Å²) in [5.74, 6) is 1.05. The lowest BCUT2D eigenvalue weighted by molar-refractivity contribution is -0.164. The average molecular weight is 358 g/mol. The fourth-order valence-corrected chi connectivity index (χ4v) is 4.98. The van der Waals surface area contributed by atoms with Crippen LogP contribution in [0.25, 0.3) is 0 Å². The Morgan fingerprint density at radius 1 is 1.27 bits per heavy atom. The van der Waals surface area contributed by atoms with Crippen molar-refractivity contribution < 1.29 is 14.6 Å². The molecule has 0 atom stereocenters. The number of amides is 1. The number of aryl methyl sites for hydroxylation is 2. The van der Waals surface area contributed by atoms with Crippen molar-refractivity contribution in [1.29, 1.82) is 0 Å². The Balaban J connectivity index is 1.25. The first kappa shape index (κ1) is 17.8. The number of rotatable bonds is 3. The Labute approximate surface area is 155 Å². The lowest BCUT2D eigenvalue weighted by Crippen LogP contribution is -2.63. The van der Waals surface area contributed by atoms with E-state index in [9.17, 15) is 9.90 Å². The zero-order chi connectivity index (χ0) is 18.5. The zero-order valence-electron chi connectivity index (χ0n) is 16.1. The first-order valence-electron chi connectivity index (χ1n) is 9.86. The van der Waals surface area contributed by atoms with E-state index in [1.807, 2.05) is 31.9 Å². The number of carbonyl (C=O) groups excluding carboxylic acids is 1. The molecule has 0 bridgehead atoms. The van der Waals surface area contributed by atoms with Crippen LogP contribution < -0.4 is 4.74 Å². The predicted molar refractivity (Wildman–Crippen MR) is 99.0 cm³/mol. The largest absolute Gasteiger partial charge is 0.474 e. The molecular formula is C21H30N2O3. The van der Waals surface area contributed by atoms with Crippen molar-refractivity contribution in [2.45, 2.75) is 71.0 Å². The van der Waals surface area contributed by atoms with Gasteiger partial charge in [0.25, 0.3) is 0 Å². The van der Waals surface area contributed by atoms with Gasteiger partial charge in [-0.25, -0.2) is 4.98 Å². The summed E-state index contributed by atoms with van der Waals surface area (Å²) in [7, 11) is 0. The van der Waals surface area contributed by atoms with Crippen LogP contribution in [0.4, 0.5) is 0 Å². The van der Waals surface area contributed by atoms with Crippen molar-refractivity contribution in [3.8, 4) is 5.88 Å². The number of hydrogen-bond acceptors (Lipinski definition) is 4. The van der Waals surface area contributed by atoms with E-state index in [0.717, 1.165) is 55.8 Å². The van der Waals surface area contributed by atoms with E-state index in [-0.39, 0.29) is 17.9 Å². The van der Waals surface area contributed by atoms with E-state index in [1.165, 1.54) is 0 Å². The van der Waals surface area contributed by atoms with E-state index >= 15 is 0 Å². The molecule has 4 rings (SSSR count). The van der Waals surface area contributed by atoms with Crippen LogP contribution in [0.1, 0.15) is 56.6 Å². The lowest BCUT2D eigenvalue weighted by Gasteiger charge is -2.55. The summed E-state index contributed by atoms with van der Waals surface area (Å²) >= 11 is 0. The highest BCUT2D eigenvalue weighted by Gasteiger charge is 2.51. The van der Waals surface area contributed by atoms with E-state index in [1.54, 1.807) is 0 Å². The van der Waals surface area contributed by atoms with E-state index < -0.39 is 5.60 Å². The summed E-state index contributed by atoms with van der Waals surface area (Å²) in [5.41, 5.74) is 1.93. The molecule has 1 saturated heterocycles. The second-order valence-corrected chi connectivity index (χ2v) is 9.25. The molecule has 0 radical (unpaired) electrons. The number of nitrogens with zero attached hydrogens (tertiary/aromatic N) is 2. The number of ether oxygens (including phenoxy) is 1. The van der Waals surface area contributed by atoms with Gasteiger partial charge in [-0.1, -0.05) is 0 Å². The Bertz CT molecular complexity index is 691. The molecule has 3 fully saturated rings. The molecule has 1 aromatic rings. The van der Waals surface area contributed by atoms with Gasteiger partial charge in [-0.05, 0) is 70.9 Å². The summed E-state index contributed by atoms with van der Waals surface area (Å²) in [6.45, 7) is 7.69. The van der Waals surface area contributed by atoms with Crippen LogP contribution in [-0.2, 0) is 4.79 Å². The van der Waals surface area contributed by atoms with Gasteiger partial charge >= 0.3 is 0 Å². The van der Waals surface area contributed by atoms with Gasteiger partial charge in [-0.2, -0.15) is 0 Å². The molecule has 1 aromatic heterocycles. The normalized spacial score (nSPS) is 30.6. The van der Waals surface area contributed by atoms with Gasteiger partial charge in [0, 0.05) is 36.2 Å². The van der Waals surface area contributed by atoms with Crippen LogP contribution in [-0.4, -0.2) is 45.7 Å². The number of aliphatic hydroxyl groups is 1. The van der Waals surface area contributed by atoms with E-state index in [4.69, 9.17) is 4.74 Å². The second kappa shape index (κ2) is 6.22. The molecular weight excluding hydrogens is 328 g/mol. The molecule has 0 unspecified atom stereocenters. The summed E-state index contributed by atoms with van der Waals surface area (Å²) in [6.07, 6.45) is 7.65. The van der Waals surface area contributed by atoms with E-state index in [0.29, 0.717) is 18.3 Å². The first-order chi connectivity index (χ1) is 12.3. The van der Waals surface area contributed by atoms with Crippen LogP contribution in [0.3, 0.4) is 0 Å². The summed E-state index contributed by atoms with van der Waals surface area (Å²) < 4.78 is 6.15. The van der Waals surface area contributed by atoms with Gasteiger partial charge in [-0.3, -0.25) is 4.79 Å². The molecule has 2 heterocycles. The molecule has 5 heteroatoms. The molecule has 1 spiro atoms. The van der Waals surface area contributed by atoms with Crippen LogP contribution in [0.15, 0.2) is 12.3 Å². The van der Waals surface area contributed by atoms with Crippen molar-refractivity contribution >= 4 is 5.91 Å². The van der Waals surface area contributed by atoms with Gasteiger partial charge in [0.2, 0.25) is 11.8 Å². The fraction of sp³-hybridized carbons (Fsp3) is 0.714. The van der Waals surface area contributed by atoms with Crippen molar-refractivity contribution in [3.63, 3.8) is 0 Å². The number of aromatic nitrogens is 1. The van der Waals surface area contributed by atoms with Crippen LogP contribution in [0, 0.1) is 25.2 Å². The third kappa shape index (κ3) is 3.34. The van der Waals surface area contributed by atoms with Crippen LogP contribution >= 0.6 is 0 Å². The predicted octanol–water partition coefficient (Wildman–Crippen LogP) is 3.01. The van der Waals surface area contributed by atoms with Crippen LogP contribution in [0.5, 0.6) is 5.88 Å². The Morgan fingerprint density at radius 3 is 2.50 bits per heavy atom. The molecule has 1 aliphatic heterocycles. The minimum absolute atomic E-state index is 0.0395. The third-order valence-electron chi connectivity index (χ3n) is 6.52. The Kier molecular flexibility index (Phi) is 4.25. The SMILES string of the molecule is Cc1cnc(OC2CCC3(CC2)CN(C(=O)[C@H]2C[C@@](C)(O)C2)C3)c(C)c1. The summed E-state index contributed by atoms with van der Waals surface area (Å²) in [6, 6.07) is 2.11. The second-order valence-electron chi connectivity index (χ2n) is 9.25. The number of carbonyl (C=O) groups is 1. The molecule has 3 aliphatic rings. The monoisotopic (exact) mass is 358 g/mol. The minimum Gasteiger partial charge on any atom is -0.474 e. The van der Waals surface area contributed by atoms with E-state index in [2.05, 4.69) is 11.1 Å². The molecule has 26 heavy (non-hydrogen) atoms. The summed E-state index contributed by atoms with van der Waals surface area (Å²) in [5, 5.41) is 9.84. The third-order valence-corrected chi connectivity index (χ3v) is 6.52. The van der Waals surface area contributed by atoms with Gasteiger partial charge in [-0.15, -0.1) is 0 Å². The van der Waals surface area contributed by atoms with Gasteiger partial charge in [0.1, 0.15) is 6.10 Å². The van der Waals surface area contributed by atoms with Crippen molar-refractivity contribution in [3.05, 3.63) is 23.4 Å². The topological polar surface area (TPSA) is 62.7 Å². The molecule has 1 N–H and O–H groups in total. The molecule has 5 nitrogen and oxygen atoms in total. The van der Waals surface area contributed by atoms with Gasteiger partial charge < -0.3 is 14.7 Å². The van der Waals surface area contributed by atoms with Crippen molar-refractivity contribution in [2.75, 3.05) is 13.1 Å². The van der Waals surface area contributed by atoms with Crippen LogP contribution in [0.2, 0.25) is 0 Å². The number of likely N-dealkylation sites (tertiary alicyclic amines) is 1.